The van der Waals surface area contributed by atoms with Gasteiger partial charge in [0.2, 0.25) is 0 Å². The van der Waals surface area contributed by atoms with Crippen LogP contribution < -0.4 is 0 Å². The van der Waals surface area contributed by atoms with Crippen molar-refractivity contribution >= 4 is 16.4 Å². The first-order valence-corrected chi connectivity index (χ1v) is 3.07. The summed E-state index contributed by atoms with van der Waals surface area (Å²) in [7, 11) is 0. The van der Waals surface area contributed by atoms with Crippen LogP contribution in [0.3, 0.4) is 0 Å². The van der Waals surface area contributed by atoms with Gasteiger partial charge in [-0.05, 0) is 18.2 Å². The molecule has 0 fully saturated rings. The van der Waals surface area contributed by atoms with Gasteiger partial charge in [0, 0.05) is 11.6 Å². The minimum Gasteiger partial charge on any atom is -0.316 e. The second-order valence-corrected chi connectivity index (χ2v) is 2.40. The second kappa shape index (κ2) is 0.903. The number of nitrogens with zero attached hydrogens (tertiary/aromatic N) is 1. The standard InChI is InChI=1S/C8H5N/c1-2-7-6-4-5-9(7)8(6)3-1/h1-5H. The van der Waals surface area contributed by atoms with Crippen LogP contribution in [0, 0.1) is 0 Å². The van der Waals surface area contributed by atoms with Crippen molar-refractivity contribution in [2.75, 3.05) is 0 Å². The largest absolute Gasteiger partial charge is 0.316 e. The molecule has 0 aliphatic carbocycles. The molecule has 0 saturated carbocycles. The molecule has 0 spiro atoms. The summed E-state index contributed by atoms with van der Waals surface area (Å²) >= 11 is 0. The van der Waals surface area contributed by atoms with E-state index < -0.39 is 0 Å². The summed E-state index contributed by atoms with van der Waals surface area (Å²) < 4.78 is 2.20. The van der Waals surface area contributed by atoms with Gasteiger partial charge >= 0.3 is 0 Å². The molecule has 5 aromatic rings. The van der Waals surface area contributed by atoms with Crippen LogP contribution in [-0.2, 0) is 0 Å². The Morgan fingerprint density at radius 3 is 2.22 bits per heavy atom. The van der Waals surface area contributed by atoms with E-state index in [0.29, 0.717) is 0 Å². The van der Waals surface area contributed by atoms with E-state index in [0.717, 1.165) is 0 Å². The van der Waals surface area contributed by atoms with Crippen molar-refractivity contribution in [3.05, 3.63) is 30.5 Å². The zero-order valence-electron chi connectivity index (χ0n) is 4.83. The Morgan fingerprint density at radius 1 is 1.00 bits per heavy atom. The number of hydrogen-bond acceptors (Lipinski definition) is 0. The molecule has 0 radical (unpaired) electrons. The Balaban J connectivity index is 2.91. The maximum absolute atomic E-state index is 2.20. The van der Waals surface area contributed by atoms with E-state index in [4.69, 9.17) is 0 Å². The molecule has 1 nitrogen and oxygen atoms in total. The number of aromatic nitrogens is 1. The zero-order valence-corrected chi connectivity index (χ0v) is 4.83. The van der Waals surface area contributed by atoms with Gasteiger partial charge in [0.1, 0.15) is 0 Å². The lowest BCUT2D eigenvalue weighted by atomic mass is 10.2. The molecule has 5 rings (SSSR count). The fraction of sp³-hybridized carbons (Fsp3) is 0. The lowest BCUT2D eigenvalue weighted by Gasteiger charge is -2.05. The summed E-state index contributed by atoms with van der Waals surface area (Å²) in [6.45, 7) is 0. The summed E-state index contributed by atoms with van der Waals surface area (Å²) in [5.41, 5.74) is 2.74. The van der Waals surface area contributed by atoms with Crippen LogP contribution in [0.1, 0.15) is 0 Å². The van der Waals surface area contributed by atoms with Gasteiger partial charge in [0.05, 0.1) is 11.0 Å². The molecule has 9 heavy (non-hydrogen) atoms. The van der Waals surface area contributed by atoms with Gasteiger partial charge in [-0.25, -0.2) is 0 Å². The maximum Gasteiger partial charge on any atom is 0.0549 e. The normalized spacial score (nSPS) is 12.4. The topological polar surface area (TPSA) is 4.41 Å². The van der Waals surface area contributed by atoms with Crippen molar-refractivity contribution in [1.82, 2.24) is 4.40 Å². The van der Waals surface area contributed by atoms with Gasteiger partial charge in [-0.1, -0.05) is 6.07 Å². The molecule has 1 heteroatoms. The fourth-order valence-electron chi connectivity index (χ4n) is 1.52. The van der Waals surface area contributed by atoms with E-state index in [1.54, 1.807) is 0 Å². The lowest BCUT2D eigenvalue weighted by molar-refractivity contribution is 1.26. The molecule has 0 aliphatic heterocycles. The van der Waals surface area contributed by atoms with Crippen molar-refractivity contribution < 1.29 is 0 Å². The molecule has 0 aliphatic rings. The third-order valence-electron chi connectivity index (χ3n) is 1.97. The predicted octanol–water partition coefficient (Wildman–Crippen LogP) is 1.97. The monoisotopic (exact) mass is 115 g/mol. The van der Waals surface area contributed by atoms with E-state index in [1.165, 1.54) is 16.4 Å². The SMILES string of the molecule is c1cc2c3ccn2c3c1. The van der Waals surface area contributed by atoms with Crippen LogP contribution in [0.2, 0.25) is 0 Å². The summed E-state index contributed by atoms with van der Waals surface area (Å²) in [5, 5.41) is 1.41. The number of benzene rings is 1. The average Bonchev–Trinajstić information content (AvgIpc) is 2.48. The summed E-state index contributed by atoms with van der Waals surface area (Å²) in [6, 6.07) is 8.53. The Kier molecular flexibility index (Phi) is 0.374. The summed E-state index contributed by atoms with van der Waals surface area (Å²) in [5.74, 6) is 0. The lowest BCUT2D eigenvalue weighted by Crippen LogP contribution is -1.88. The maximum atomic E-state index is 2.20. The van der Waals surface area contributed by atoms with Crippen molar-refractivity contribution in [1.29, 1.82) is 0 Å². The van der Waals surface area contributed by atoms with E-state index in [-0.39, 0.29) is 0 Å². The fourth-order valence-corrected chi connectivity index (χ4v) is 1.52. The van der Waals surface area contributed by atoms with E-state index >= 15 is 0 Å². The number of fused-ring (bicyclic) bond motifs is 3. The average molecular weight is 115 g/mol. The third kappa shape index (κ3) is 0.231. The van der Waals surface area contributed by atoms with Crippen molar-refractivity contribution in [3.63, 3.8) is 0 Å². The highest BCUT2D eigenvalue weighted by molar-refractivity contribution is 6.03. The number of pyridine rings is 1. The molecule has 42 valence electrons. The minimum absolute atomic E-state index is 1.37. The summed E-state index contributed by atoms with van der Waals surface area (Å²) in [4.78, 5) is 0. The molecule has 0 saturated heterocycles. The Bertz CT molecular complexity index is 355. The van der Waals surface area contributed by atoms with Gasteiger partial charge in [0.15, 0.2) is 0 Å². The molecule has 0 amide bonds. The third-order valence-corrected chi connectivity index (χ3v) is 1.97. The van der Waals surface area contributed by atoms with E-state index in [9.17, 15) is 0 Å². The highest BCUT2D eigenvalue weighted by Gasteiger charge is 2.08. The van der Waals surface area contributed by atoms with Gasteiger partial charge in [-0.2, -0.15) is 0 Å². The molecule has 4 aromatic heterocycles. The molecule has 0 unspecified atom stereocenters. The minimum atomic E-state index is 1.37. The van der Waals surface area contributed by atoms with Crippen molar-refractivity contribution in [3.8, 4) is 0 Å². The molecule has 4 bridgehead atoms. The number of rotatable bonds is 0. The smallest absolute Gasteiger partial charge is 0.0549 e. The van der Waals surface area contributed by atoms with E-state index in [1.807, 2.05) is 0 Å². The van der Waals surface area contributed by atoms with Gasteiger partial charge in [-0.15, -0.1) is 0 Å². The van der Waals surface area contributed by atoms with Crippen LogP contribution in [0.25, 0.3) is 16.4 Å². The zero-order chi connectivity index (χ0) is 5.84. The first kappa shape index (κ1) is 3.72. The molecular formula is C8H5N. The van der Waals surface area contributed by atoms with Crippen LogP contribution in [0.5, 0.6) is 0 Å². The predicted molar refractivity (Wildman–Crippen MR) is 37.3 cm³/mol. The van der Waals surface area contributed by atoms with Gasteiger partial charge in [0.25, 0.3) is 0 Å². The Hall–Kier alpha value is -1.24. The molecule has 4 heterocycles. The van der Waals surface area contributed by atoms with Crippen LogP contribution >= 0.6 is 0 Å². The summed E-state index contributed by atoms with van der Waals surface area (Å²) in [6.07, 6.45) is 2.11. The van der Waals surface area contributed by atoms with Crippen LogP contribution in [-0.4, -0.2) is 4.40 Å². The number of hydrogen-bond donors (Lipinski definition) is 0. The Morgan fingerprint density at radius 2 is 1.78 bits per heavy atom. The molecule has 0 atom stereocenters. The quantitative estimate of drug-likeness (QED) is 0.422. The highest BCUT2D eigenvalue weighted by atomic mass is 14.9. The first-order chi connectivity index (χ1) is 4.47. The van der Waals surface area contributed by atoms with Crippen molar-refractivity contribution in [2.45, 2.75) is 0 Å². The second-order valence-electron chi connectivity index (χ2n) is 2.40. The highest BCUT2D eigenvalue weighted by Crippen LogP contribution is 2.28. The first-order valence-electron chi connectivity index (χ1n) is 3.07. The van der Waals surface area contributed by atoms with E-state index in [2.05, 4.69) is 34.9 Å². The Labute approximate surface area is 52.2 Å². The van der Waals surface area contributed by atoms with Crippen LogP contribution in [0.4, 0.5) is 0 Å². The molecule has 0 N–H and O–H groups in total. The van der Waals surface area contributed by atoms with Gasteiger partial charge in [-0.3, -0.25) is 0 Å². The van der Waals surface area contributed by atoms with Gasteiger partial charge < -0.3 is 4.40 Å². The van der Waals surface area contributed by atoms with Crippen LogP contribution in [0.15, 0.2) is 30.5 Å². The molecular weight excluding hydrogens is 110 g/mol. The molecule has 1 aromatic carbocycles. The van der Waals surface area contributed by atoms with Crippen molar-refractivity contribution in [2.24, 2.45) is 0 Å².